The molecule has 0 bridgehead atoms. The molecule has 0 aromatic rings. The summed E-state index contributed by atoms with van der Waals surface area (Å²) in [7, 11) is 0. The van der Waals surface area contributed by atoms with Gasteiger partial charge in [0.1, 0.15) is 5.78 Å². The van der Waals surface area contributed by atoms with E-state index in [0.29, 0.717) is 6.54 Å². The minimum atomic E-state index is -0.259. The van der Waals surface area contributed by atoms with Crippen molar-refractivity contribution in [1.82, 2.24) is 4.90 Å². The van der Waals surface area contributed by atoms with E-state index >= 15 is 0 Å². The van der Waals surface area contributed by atoms with Crippen LogP contribution in [0.1, 0.15) is 19.8 Å². The third kappa shape index (κ3) is 2.42. The van der Waals surface area contributed by atoms with Crippen LogP contribution in [0.3, 0.4) is 0 Å². The van der Waals surface area contributed by atoms with Gasteiger partial charge < -0.3 is 5.11 Å². The molecule has 1 aliphatic heterocycles. The maximum absolute atomic E-state index is 11.8. The van der Waals surface area contributed by atoms with Gasteiger partial charge in [-0.3, -0.25) is 9.69 Å². The zero-order valence-corrected chi connectivity index (χ0v) is 9.67. The van der Waals surface area contributed by atoms with Gasteiger partial charge >= 0.3 is 0 Å². The third-order valence-corrected chi connectivity index (χ3v) is 3.42. The molecule has 88 valence electrons. The van der Waals surface area contributed by atoms with Crippen molar-refractivity contribution in [3.8, 4) is 0 Å². The van der Waals surface area contributed by atoms with Crippen molar-refractivity contribution in [1.29, 1.82) is 0 Å². The fraction of sp³-hybridized carbons (Fsp3) is 0.615. The summed E-state index contributed by atoms with van der Waals surface area (Å²) in [4.78, 5) is 13.9. The molecule has 3 nitrogen and oxygen atoms in total. The Kier molecular flexibility index (Phi) is 3.56. The second-order valence-electron chi connectivity index (χ2n) is 4.71. The Bertz CT molecular complexity index is 322. The zero-order chi connectivity index (χ0) is 11.5. The number of allylic oxidation sites excluding steroid dienone is 3. The molecule has 2 rings (SSSR count). The number of aliphatic hydroxyl groups is 1. The molecule has 3 atom stereocenters. The van der Waals surface area contributed by atoms with E-state index in [4.69, 9.17) is 0 Å². The molecule has 3 heteroatoms. The van der Waals surface area contributed by atoms with Crippen LogP contribution in [0.5, 0.6) is 0 Å². The van der Waals surface area contributed by atoms with Gasteiger partial charge in [0.25, 0.3) is 0 Å². The van der Waals surface area contributed by atoms with Crippen molar-refractivity contribution in [3.63, 3.8) is 0 Å². The SMILES string of the molecule is CC(=O)C(C1C=CC=CC1)N1CC[C@@H](O)C1. The number of likely N-dealkylation sites (tertiary alicyclic amines) is 1. The molecule has 1 aliphatic carbocycles. The van der Waals surface area contributed by atoms with Crippen LogP contribution in [0.25, 0.3) is 0 Å². The second kappa shape index (κ2) is 4.93. The van der Waals surface area contributed by atoms with Gasteiger partial charge in [0.15, 0.2) is 0 Å². The van der Waals surface area contributed by atoms with Crippen LogP contribution in [0, 0.1) is 5.92 Å². The lowest BCUT2D eigenvalue weighted by Gasteiger charge is -2.31. The maximum Gasteiger partial charge on any atom is 0.147 e. The van der Waals surface area contributed by atoms with E-state index in [2.05, 4.69) is 17.1 Å². The first-order valence-corrected chi connectivity index (χ1v) is 5.94. The van der Waals surface area contributed by atoms with Gasteiger partial charge in [-0.15, -0.1) is 0 Å². The summed E-state index contributed by atoms with van der Waals surface area (Å²) in [6.07, 6.45) is 9.70. The van der Waals surface area contributed by atoms with Gasteiger partial charge in [-0.05, 0) is 19.8 Å². The van der Waals surface area contributed by atoms with Crippen LogP contribution in [0.4, 0.5) is 0 Å². The van der Waals surface area contributed by atoms with E-state index in [0.717, 1.165) is 19.4 Å². The van der Waals surface area contributed by atoms with Crippen molar-refractivity contribution >= 4 is 5.78 Å². The smallest absolute Gasteiger partial charge is 0.147 e. The van der Waals surface area contributed by atoms with Crippen LogP contribution in [-0.2, 0) is 4.79 Å². The summed E-state index contributed by atoms with van der Waals surface area (Å²) in [5.74, 6) is 0.479. The average molecular weight is 221 g/mol. The first kappa shape index (κ1) is 11.6. The fourth-order valence-corrected chi connectivity index (χ4v) is 2.68. The zero-order valence-electron chi connectivity index (χ0n) is 9.67. The molecule has 16 heavy (non-hydrogen) atoms. The Hall–Kier alpha value is -0.930. The van der Waals surface area contributed by atoms with Crippen LogP contribution >= 0.6 is 0 Å². The van der Waals surface area contributed by atoms with E-state index in [-0.39, 0.29) is 23.8 Å². The molecule has 0 saturated carbocycles. The van der Waals surface area contributed by atoms with Crippen LogP contribution in [-0.4, -0.2) is 41.0 Å². The molecular formula is C13H19NO2. The summed E-state index contributed by atoms with van der Waals surface area (Å²) >= 11 is 0. The van der Waals surface area contributed by atoms with Crippen molar-refractivity contribution in [2.45, 2.75) is 31.9 Å². The van der Waals surface area contributed by atoms with Crippen molar-refractivity contribution in [2.24, 2.45) is 5.92 Å². The number of hydrogen-bond acceptors (Lipinski definition) is 3. The molecule has 0 amide bonds. The molecule has 0 aromatic heterocycles. The van der Waals surface area contributed by atoms with Crippen LogP contribution in [0.2, 0.25) is 0 Å². The van der Waals surface area contributed by atoms with E-state index in [9.17, 15) is 9.90 Å². The highest BCUT2D eigenvalue weighted by Crippen LogP contribution is 2.24. The number of Topliss-reactive ketones (excluding diaryl/α,β-unsaturated/α-hetero) is 1. The molecule has 1 heterocycles. The first-order valence-electron chi connectivity index (χ1n) is 5.94. The summed E-state index contributed by atoms with van der Waals surface area (Å²) in [5.41, 5.74) is 0. The van der Waals surface area contributed by atoms with Gasteiger partial charge in [0, 0.05) is 19.0 Å². The number of hydrogen-bond donors (Lipinski definition) is 1. The number of carbonyl (C=O) groups is 1. The molecule has 0 spiro atoms. The Morgan fingerprint density at radius 3 is 2.81 bits per heavy atom. The Morgan fingerprint density at radius 2 is 2.31 bits per heavy atom. The number of rotatable bonds is 3. The number of carbonyl (C=O) groups excluding carboxylic acids is 1. The lowest BCUT2D eigenvalue weighted by Crippen LogP contribution is -2.44. The number of aliphatic hydroxyl groups excluding tert-OH is 1. The van der Waals surface area contributed by atoms with E-state index in [1.54, 1.807) is 6.92 Å². The molecular weight excluding hydrogens is 202 g/mol. The minimum absolute atomic E-state index is 0.0571. The summed E-state index contributed by atoms with van der Waals surface area (Å²) in [5, 5.41) is 9.54. The van der Waals surface area contributed by atoms with E-state index < -0.39 is 0 Å². The van der Waals surface area contributed by atoms with Crippen molar-refractivity contribution < 1.29 is 9.90 Å². The first-order chi connectivity index (χ1) is 7.68. The predicted octanol–water partition coefficient (Wildman–Crippen LogP) is 1.14. The number of nitrogens with zero attached hydrogens (tertiary/aromatic N) is 1. The largest absolute Gasteiger partial charge is 0.392 e. The topological polar surface area (TPSA) is 40.5 Å². The summed E-state index contributed by atoms with van der Waals surface area (Å²) in [6, 6.07) is -0.0571. The number of ketones is 1. The maximum atomic E-state index is 11.8. The molecule has 2 aliphatic rings. The molecule has 2 unspecified atom stereocenters. The normalized spacial score (nSPS) is 31.9. The summed E-state index contributed by atoms with van der Waals surface area (Å²) in [6.45, 7) is 3.12. The highest BCUT2D eigenvalue weighted by Gasteiger charge is 2.34. The second-order valence-corrected chi connectivity index (χ2v) is 4.71. The van der Waals surface area contributed by atoms with E-state index in [1.807, 2.05) is 12.2 Å². The molecule has 1 fully saturated rings. The van der Waals surface area contributed by atoms with Crippen LogP contribution in [0.15, 0.2) is 24.3 Å². The Morgan fingerprint density at radius 1 is 1.50 bits per heavy atom. The summed E-state index contributed by atoms with van der Waals surface area (Å²) < 4.78 is 0. The fourth-order valence-electron chi connectivity index (χ4n) is 2.68. The average Bonchev–Trinajstić information content (AvgIpc) is 2.66. The van der Waals surface area contributed by atoms with Gasteiger partial charge in [-0.25, -0.2) is 0 Å². The predicted molar refractivity (Wildman–Crippen MR) is 63.1 cm³/mol. The Balaban J connectivity index is 2.08. The highest BCUT2D eigenvalue weighted by molar-refractivity contribution is 5.82. The monoisotopic (exact) mass is 221 g/mol. The molecule has 1 N–H and O–H groups in total. The number of β-amino-alcohol motifs (C(OH)–C–C–N with tert-alkyl or cyclic N) is 1. The quantitative estimate of drug-likeness (QED) is 0.777. The van der Waals surface area contributed by atoms with Crippen molar-refractivity contribution in [2.75, 3.05) is 13.1 Å². The van der Waals surface area contributed by atoms with Gasteiger partial charge in [-0.2, -0.15) is 0 Å². The lowest BCUT2D eigenvalue weighted by molar-refractivity contribution is -0.123. The van der Waals surface area contributed by atoms with Gasteiger partial charge in [0.05, 0.1) is 12.1 Å². The lowest BCUT2D eigenvalue weighted by atomic mass is 9.89. The van der Waals surface area contributed by atoms with E-state index in [1.165, 1.54) is 0 Å². The minimum Gasteiger partial charge on any atom is -0.392 e. The molecule has 0 aromatic carbocycles. The Labute approximate surface area is 96.4 Å². The van der Waals surface area contributed by atoms with Crippen LogP contribution < -0.4 is 0 Å². The third-order valence-electron chi connectivity index (χ3n) is 3.42. The standard InChI is InChI=1S/C13H19NO2/c1-10(15)13(11-5-3-2-4-6-11)14-8-7-12(16)9-14/h2-5,11-13,16H,6-9H2,1H3/t11?,12-,13?/m1/s1. The van der Waals surface area contributed by atoms with Crippen molar-refractivity contribution in [3.05, 3.63) is 24.3 Å². The molecule has 1 saturated heterocycles. The van der Waals surface area contributed by atoms with Gasteiger partial charge in [-0.1, -0.05) is 24.3 Å². The molecule has 0 radical (unpaired) electrons. The van der Waals surface area contributed by atoms with Gasteiger partial charge in [0.2, 0.25) is 0 Å². The highest BCUT2D eigenvalue weighted by atomic mass is 16.3.